The lowest BCUT2D eigenvalue weighted by Gasteiger charge is -2.32. The first-order valence-corrected chi connectivity index (χ1v) is 9.93. The third kappa shape index (κ3) is 3.19. The minimum absolute atomic E-state index is 0.348. The number of rotatable bonds is 8. The van der Waals surface area contributed by atoms with Crippen molar-refractivity contribution in [2.75, 3.05) is 7.11 Å². The number of carboxylic acid groups (broad SMARTS) is 2. The number of methoxy groups -OCH3 is 1. The van der Waals surface area contributed by atoms with Crippen LogP contribution in [0.1, 0.15) is 16.7 Å². The average molecular weight is 464 g/mol. The highest BCUT2D eigenvalue weighted by atomic mass is 19.4. The third-order valence-corrected chi connectivity index (χ3v) is 6.61. The van der Waals surface area contributed by atoms with Gasteiger partial charge in [0.15, 0.2) is 0 Å². The van der Waals surface area contributed by atoms with E-state index in [1.807, 2.05) is 0 Å². The summed E-state index contributed by atoms with van der Waals surface area (Å²) in [5.41, 5.74) is -3.81. The molecule has 2 saturated carbocycles. The normalized spacial score (nSPS) is 27.1. The fraction of sp³-hybridized carbons (Fsp3) is 0.348. The van der Waals surface area contributed by atoms with Crippen molar-refractivity contribution in [2.45, 2.75) is 23.8 Å². The minimum Gasteiger partial charge on any atom is -0.481 e. The summed E-state index contributed by atoms with van der Waals surface area (Å²) in [7, 11) is 0.773. The first-order valence-electron chi connectivity index (χ1n) is 9.93. The average Bonchev–Trinajstić information content (AvgIpc) is 3.62. The van der Waals surface area contributed by atoms with Gasteiger partial charge < -0.3 is 19.7 Å². The Bertz CT molecular complexity index is 1080. The molecule has 0 aliphatic heterocycles. The largest absolute Gasteiger partial charge is 0.481 e. The lowest BCUT2D eigenvalue weighted by Crippen LogP contribution is -2.51. The quantitative estimate of drug-likeness (QED) is 0.578. The summed E-state index contributed by atoms with van der Waals surface area (Å²) < 4.78 is 51.4. The number of aliphatic carboxylic acids is 2. The van der Waals surface area contributed by atoms with Crippen molar-refractivity contribution in [1.29, 1.82) is 0 Å². The zero-order valence-corrected chi connectivity index (χ0v) is 17.2. The van der Waals surface area contributed by atoms with Crippen molar-refractivity contribution in [1.82, 2.24) is 0 Å². The fourth-order valence-corrected chi connectivity index (χ4v) is 4.93. The molecular weight excluding hydrogens is 445 g/mol. The molecule has 7 nitrogen and oxygen atoms in total. The number of hydrogen-bond acceptors (Lipinski definition) is 5. The van der Waals surface area contributed by atoms with Gasteiger partial charge >= 0.3 is 24.1 Å². The molecule has 0 unspecified atom stereocenters. The summed E-state index contributed by atoms with van der Waals surface area (Å²) in [6.45, 7) is -0.492. The number of ether oxygens (including phenoxy) is 2. The van der Waals surface area contributed by atoms with Gasteiger partial charge in [-0.15, -0.1) is 0 Å². The van der Waals surface area contributed by atoms with Crippen molar-refractivity contribution in [3.63, 3.8) is 0 Å². The van der Waals surface area contributed by atoms with E-state index in [4.69, 9.17) is 4.74 Å². The van der Waals surface area contributed by atoms with Crippen LogP contribution in [-0.2, 0) is 41.5 Å². The molecule has 2 aromatic rings. The van der Waals surface area contributed by atoms with Crippen LogP contribution in [0.2, 0.25) is 0 Å². The highest BCUT2D eigenvalue weighted by molar-refractivity contribution is 5.92. The summed E-state index contributed by atoms with van der Waals surface area (Å²) in [4.78, 5) is 35.3. The molecule has 0 radical (unpaired) electrons. The van der Waals surface area contributed by atoms with E-state index in [1.54, 1.807) is 0 Å². The van der Waals surface area contributed by atoms with Gasteiger partial charge in [-0.05, 0) is 17.0 Å². The Balaban J connectivity index is 1.51. The van der Waals surface area contributed by atoms with Crippen LogP contribution in [-0.4, -0.2) is 41.4 Å². The van der Waals surface area contributed by atoms with E-state index in [2.05, 4.69) is 4.74 Å². The van der Waals surface area contributed by atoms with Gasteiger partial charge in [0.25, 0.3) is 5.60 Å². The zero-order chi connectivity index (χ0) is 24.2. The molecule has 3 atom stereocenters. The Morgan fingerprint density at radius 1 is 0.939 bits per heavy atom. The molecule has 0 heterocycles. The van der Waals surface area contributed by atoms with E-state index in [9.17, 15) is 37.8 Å². The Labute approximate surface area is 185 Å². The number of carbonyl (C=O) groups excluding carboxylic acids is 1. The van der Waals surface area contributed by atoms with E-state index < -0.39 is 65.0 Å². The number of halogens is 3. The van der Waals surface area contributed by atoms with Gasteiger partial charge in [-0.1, -0.05) is 54.6 Å². The zero-order valence-electron chi connectivity index (χ0n) is 17.2. The van der Waals surface area contributed by atoms with Gasteiger partial charge in [0.2, 0.25) is 0 Å². The molecule has 0 amide bonds. The maximum absolute atomic E-state index is 13.9. The Morgan fingerprint density at radius 2 is 1.48 bits per heavy atom. The topological polar surface area (TPSA) is 110 Å². The first kappa shape index (κ1) is 22.8. The maximum atomic E-state index is 13.9. The van der Waals surface area contributed by atoms with Gasteiger partial charge in [-0.3, -0.25) is 9.59 Å². The van der Waals surface area contributed by atoms with Crippen LogP contribution in [0, 0.1) is 17.8 Å². The fourth-order valence-electron chi connectivity index (χ4n) is 4.93. The second-order valence-electron chi connectivity index (χ2n) is 8.11. The smallest absolute Gasteiger partial charge is 0.432 e. The van der Waals surface area contributed by atoms with E-state index in [-0.39, 0.29) is 0 Å². The predicted molar refractivity (Wildman–Crippen MR) is 105 cm³/mol. The highest BCUT2D eigenvalue weighted by Crippen LogP contribution is 2.83. The number of carbonyl (C=O) groups is 3. The predicted octanol–water partition coefficient (Wildman–Crippen LogP) is 3.12. The molecule has 33 heavy (non-hydrogen) atoms. The molecule has 2 aromatic carbocycles. The molecule has 4 rings (SSSR count). The molecule has 2 aliphatic carbocycles. The van der Waals surface area contributed by atoms with Gasteiger partial charge in [0, 0.05) is 18.1 Å². The number of esters is 1. The Kier molecular flexibility index (Phi) is 5.24. The Morgan fingerprint density at radius 3 is 1.94 bits per heavy atom. The summed E-state index contributed by atoms with van der Waals surface area (Å²) in [6, 6.07) is 12.4. The van der Waals surface area contributed by atoms with Crippen LogP contribution in [0.5, 0.6) is 0 Å². The van der Waals surface area contributed by atoms with Gasteiger partial charge in [0.1, 0.15) is 6.61 Å². The SMILES string of the molecule is CO[C@@](C(=O)OCc1ccc(C23C([C@H]2C(=O)O)[C@H]3C(=O)O)cc1)(c1ccccc1)C(F)(F)F. The number of fused-ring (bicyclic) bond motifs is 1. The van der Waals surface area contributed by atoms with Crippen LogP contribution in [0.4, 0.5) is 13.2 Å². The van der Waals surface area contributed by atoms with Crippen LogP contribution in [0.3, 0.4) is 0 Å². The molecule has 0 aromatic heterocycles. The number of alkyl halides is 3. The summed E-state index contributed by atoms with van der Waals surface area (Å²) in [5, 5.41) is 18.6. The molecule has 2 fully saturated rings. The minimum atomic E-state index is -5.09. The van der Waals surface area contributed by atoms with Crippen molar-refractivity contribution >= 4 is 17.9 Å². The number of benzene rings is 2. The summed E-state index contributed by atoms with van der Waals surface area (Å²) in [5.74, 6) is -5.80. The number of hydrogen-bond donors (Lipinski definition) is 2. The lowest BCUT2D eigenvalue weighted by atomic mass is 9.89. The van der Waals surface area contributed by atoms with E-state index in [0.717, 1.165) is 19.2 Å². The lowest BCUT2D eigenvalue weighted by molar-refractivity contribution is -0.276. The molecule has 2 N–H and O–H groups in total. The second kappa shape index (κ2) is 7.58. The van der Waals surface area contributed by atoms with E-state index >= 15 is 0 Å². The Hall–Kier alpha value is -3.40. The van der Waals surface area contributed by atoms with Gasteiger partial charge in [-0.2, -0.15) is 13.2 Å². The van der Waals surface area contributed by atoms with Crippen LogP contribution < -0.4 is 0 Å². The summed E-state index contributed by atoms with van der Waals surface area (Å²) >= 11 is 0. The molecular formula is C23H19F3O7. The maximum Gasteiger partial charge on any atom is 0.432 e. The number of carboxylic acids is 2. The standard InChI is InChI=1S/C23H19F3O7/c1-32-22(23(24,25)26,14-5-3-2-4-6-14)20(31)33-11-12-7-9-13(10-8-12)21-15(16(21)18(27)28)17(21)19(29)30/h2-10,15-17H,11H2,1H3,(H,27,28)(H,29,30)/t15?,16-,17-,21?,22+/m0/s1. The first-order chi connectivity index (χ1) is 15.5. The van der Waals surface area contributed by atoms with Crippen molar-refractivity contribution in [3.05, 3.63) is 71.3 Å². The molecule has 174 valence electrons. The highest BCUT2D eigenvalue weighted by Gasteiger charge is 2.92. The second-order valence-corrected chi connectivity index (χ2v) is 8.11. The summed E-state index contributed by atoms with van der Waals surface area (Å²) in [6.07, 6.45) is -5.09. The molecule has 0 spiro atoms. The monoisotopic (exact) mass is 464 g/mol. The van der Waals surface area contributed by atoms with Crippen LogP contribution in [0.25, 0.3) is 0 Å². The van der Waals surface area contributed by atoms with Crippen LogP contribution in [0.15, 0.2) is 54.6 Å². The molecule has 0 bridgehead atoms. The van der Waals surface area contributed by atoms with Crippen molar-refractivity contribution < 1.29 is 47.2 Å². The molecule has 2 aliphatic rings. The van der Waals surface area contributed by atoms with Gasteiger partial charge in [-0.25, -0.2) is 4.79 Å². The van der Waals surface area contributed by atoms with E-state index in [0.29, 0.717) is 11.1 Å². The van der Waals surface area contributed by atoms with Gasteiger partial charge in [0.05, 0.1) is 11.8 Å². The van der Waals surface area contributed by atoms with Crippen molar-refractivity contribution in [3.8, 4) is 0 Å². The van der Waals surface area contributed by atoms with E-state index in [1.165, 1.54) is 42.5 Å². The molecule has 10 heteroatoms. The van der Waals surface area contributed by atoms with Crippen molar-refractivity contribution in [2.24, 2.45) is 17.8 Å². The van der Waals surface area contributed by atoms with Crippen LogP contribution >= 0.6 is 0 Å². The third-order valence-electron chi connectivity index (χ3n) is 6.61. The molecule has 0 saturated heterocycles.